The maximum absolute atomic E-state index is 12.7. The zero-order valence-corrected chi connectivity index (χ0v) is 15.4. The highest BCUT2D eigenvalue weighted by molar-refractivity contribution is 5.85. The molecule has 2 aliphatic rings. The summed E-state index contributed by atoms with van der Waals surface area (Å²) in [4.78, 5) is 25.3. The Bertz CT molecular complexity index is 929. The van der Waals surface area contributed by atoms with Crippen LogP contribution in [0.2, 0.25) is 0 Å². The lowest BCUT2D eigenvalue weighted by molar-refractivity contribution is -0.156. The number of para-hydroxylation sites is 1. The molecule has 1 fully saturated rings. The van der Waals surface area contributed by atoms with Crippen molar-refractivity contribution in [1.29, 1.82) is 5.26 Å². The van der Waals surface area contributed by atoms with Crippen molar-refractivity contribution in [3.05, 3.63) is 65.2 Å². The van der Waals surface area contributed by atoms with Crippen LogP contribution in [-0.2, 0) is 14.3 Å². The van der Waals surface area contributed by atoms with Crippen molar-refractivity contribution in [2.75, 3.05) is 11.9 Å². The van der Waals surface area contributed by atoms with Crippen molar-refractivity contribution >= 4 is 17.6 Å². The van der Waals surface area contributed by atoms with Crippen LogP contribution < -0.4 is 10.6 Å². The summed E-state index contributed by atoms with van der Waals surface area (Å²) in [6.45, 7) is 0.671. The average Bonchev–Trinajstić information content (AvgIpc) is 3.45. The first-order chi connectivity index (χ1) is 13.6. The SMILES string of the molecule is N#Cc1ccc(C(OC(=O)CC2CNc3ccccc32)C(=O)NC2CC2)cc1. The van der Waals surface area contributed by atoms with Gasteiger partial charge in [0.15, 0.2) is 0 Å². The largest absolute Gasteiger partial charge is 0.447 e. The van der Waals surface area contributed by atoms with Gasteiger partial charge in [-0.3, -0.25) is 9.59 Å². The monoisotopic (exact) mass is 375 g/mol. The minimum Gasteiger partial charge on any atom is -0.447 e. The van der Waals surface area contributed by atoms with Gasteiger partial charge in [-0.15, -0.1) is 0 Å². The summed E-state index contributed by atoms with van der Waals surface area (Å²) in [7, 11) is 0. The Morgan fingerprint density at radius 2 is 1.93 bits per heavy atom. The topological polar surface area (TPSA) is 91.2 Å². The van der Waals surface area contributed by atoms with E-state index in [1.165, 1.54) is 0 Å². The second-order valence-electron chi connectivity index (χ2n) is 7.26. The van der Waals surface area contributed by atoms with Crippen LogP contribution in [0.3, 0.4) is 0 Å². The molecule has 4 rings (SSSR count). The van der Waals surface area contributed by atoms with Crippen LogP contribution in [0, 0.1) is 11.3 Å². The number of hydrogen-bond acceptors (Lipinski definition) is 5. The van der Waals surface area contributed by atoms with Crippen LogP contribution in [0.5, 0.6) is 0 Å². The molecule has 142 valence electrons. The number of ether oxygens (including phenoxy) is 1. The van der Waals surface area contributed by atoms with Crippen LogP contribution in [0.15, 0.2) is 48.5 Å². The molecule has 28 heavy (non-hydrogen) atoms. The van der Waals surface area contributed by atoms with Crippen LogP contribution in [0.25, 0.3) is 0 Å². The number of amides is 1. The molecule has 1 saturated carbocycles. The zero-order chi connectivity index (χ0) is 19.5. The fraction of sp³-hybridized carbons (Fsp3) is 0.318. The first-order valence-corrected chi connectivity index (χ1v) is 9.47. The molecule has 6 nitrogen and oxygen atoms in total. The second kappa shape index (κ2) is 7.73. The Balaban J connectivity index is 1.47. The van der Waals surface area contributed by atoms with E-state index in [0.717, 1.165) is 24.1 Å². The fourth-order valence-electron chi connectivity index (χ4n) is 3.43. The molecule has 0 aromatic heterocycles. The maximum Gasteiger partial charge on any atom is 0.307 e. The number of rotatable bonds is 6. The van der Waals surface area contributed by atoms with Gasteiger partial charge in [-0.2, -0.15) is 5.26 Å². The Hall–Kier alpha value is -3.33. The molecule has 1 aliphatic heterocycles. The highest BCUT2D eigenvalue weighted by Gasteiger charge is 2.32. The first-order valence-electron chi connectivity index (χ1n) is 9.47. The summed E-state index contributed by atoms with van der Waals surface area (Å²) in [5, 5.41) is 15.2. The first kappa shape index (κ1) is 18.1. The van der Waals surface area contributed by atoms with Gasteiger partial charge in [-0.25, -0.2) is 0 Å². The molecule has 2 unspecified atom stereocenters. The zero-order valence-electron chi connectivity index (χ0n) is 15.4. The van der Waals surface area contributed by atoms with Crippen LogP contribution in [-0.4, -0.2) is 24.5 Å². The van der Waals surface area contributed by atoms with E-state index in [9.17, 15) is 9.59 Å². The van der Waals surface area contributed by atoms with Crippen molar-refractivity contribution in [3.63, 3.8) is 0 Å². The number of carbonyl (C=O) groups is 2. The molecule has 1 aliphatic carbocycles. The molecular formula is C22H21N3O3. The van der Waals surface area contributed by atoms with E-state index in [0.29, 0.717) is 17.7 Å². The standard InChI is InChI=1S/C22H21N3O3/c23-12-14-5-7-15(8-6-14)21(22(27)25-17-9-10-17)28-20(26)11-16-13-24-19-4-2-1-3-18(16)19/h1-8,16-17,21,24H,9-11,13H2,(H,25,27). The summed E-state index contributed by atoms with van der Waals surface area (Å²) in [5.41, 5.74) is 3.19. The molecule has 2 N–H and O–H groups in total. The lowest BCUT2D eigenvalue weighted by Crippen LogP contribution is -2.33. The van der Waals surface area contributed by atoms with E-state index in [1.807, 2.05) is 30.3 Å². The quantitative estimate of drug-likeness (QED) is 0.758. The number of nitrogens with zero attached hydrogens (tertiary/aromatic N) is 1. The molecule has 0 bridgehead atoms. The van der Waals surface area contributed by atoms with Gasteiger partial charge in [-0.05, 0) is 36.6 Å². The molecule has 6 heteroatoms. The minimum atomic E-state index is -1.01. The van der Waals surface area contributed by atoms with Gasteiger partial charge < -0.3 is 15.4 Å². The van der Waals surface area contributed by atoms with Crippen LogP contribution in [0.4, 0.5) is 5.69 Å². The number of esters is 1. The number of benzene rings is 2. The number of anilines is 1. The lowest BCUT2D eigenvalue weighted by atomic mass is 9.98. The molecule has 0 saturated heterocycles. The fourth-order valence-corrected chi connectivity index (χ4v) is 3.43. The maximum atomic E-state index is 12.7. The van der Waals surface area contributed by atoms with Crippen molar-refractivity contribution in [2.24, 2.45) is 0 Å². The smallest absolute Gasteiger partial charge is 0.307 e. The third kappa shape index (κ3) is 3.99. The summed E-state index contributed by atoms with van der Waals surface area (Å²) in [5.74, 6) is -0.703. The number of fused-ring (bicyclic) bond motifs is 1. The van der Waals surface area contributed by atoms with E-state index in [2.05, 4.69) is 10.6 Å². The van der Waals surface area contributed by atoms with Gasteiger partial charge in [0.2, 0.25) is 6.10 Å². The molecule has 0 radical (unpaired) electrons. The van der Waals surface area contributed by atoms with Gasteiger partial charge >= 0.3 is 5.97 Å². The Morgan fingerprint density at radius 3 is 2.64 bits per heavy atom. The predicted molar refractivity (Wildman–Crippen MR) is 103 cm³/mol. The molecule has 2 aromatic rings. The third-order valence-electron chi connectivity index (χ3n) is 5.11. The summed E-state index contributed by atoms with van der Waals surface area (Å²) in [6.07, 6.45) is 1.09. The van der Waals surface area contributed by atoms with E-state index < -0.39 is 12.1 Å². The second-order valence-corrected chi connectivity index (χ2v) is 7.26. The minimum absolute atomic E-state index is 0.0248. The lowest BCUT2D eigenvalue weighted by Gasteiger charge is -2.19. The Kier molecular flexibility index (Phi) is 4.98. The average molecular weight is 375 g/mol. The van der Waals surface area contributed by atoms with E-state index in [4.69, 9.17) is 10.00 Å². The molecule has 2 atom stereocenters. The van der Waals surface area contributed by atoms with Crippen molar-refractivity contribution in [2.45, 2.75) is 37.3 Å². The highest BCUT2D eigenvalue weighted by Crippen LogP contribution is 2.34. The molecule has 2 aromatic carbocycles. The summed E-state index contributed by atoms with van der Waals surface area (Å²) < 4.78 is 5.62. The molecule has 1 heterocycles. The van der Waals surface area contributed by atoms with Crippen LogP contribution >= 0.6 is 0 Å². The third-order valence-corrected chi connectivity index (χ3v) is 5.11. The number of carbonyl (C=O) groups excluding carboxylic acids is 2. The van der Waals surface area contributed by atoms with Gasteiger partial charge in [0, 0.05) is 29.8 Å². The highest BCUT2D eigenvalue weighted by atomic mass is 16.5. The van der Waals surface area contributed by atoms with E-state index >= 15 is 0 Å². The summed E-state index contributed by atoms with van der Waals surface area (Å²) >= 11 is 0. The molecule has 0 spiro atoms. The normalized spacial score (nSPS) is 18.3. The molecular weight excluding hydrogens is 354 g/mol. The number of nitriles is 1. The van der Waals surface area contributed by atoms with Crippen molar-refractivity contribution < 1.29 is 14.3 Å². The van der Waals surface area contributed by atoms with E-state index in [-0.39, 0.29) is 24.3 Å². The summed E-state index contributed by atoms with van der Waals surface area (Å²) in [6, 6.07) is 16.7. The Labute approximate surface area is 163 Å². The number of hydrogen-bond donors (Lipinski definition) is 2. The van der Waals surface area contributed by atoms with E-state index in [1.54, 1.807) is 24.3 Å². The van der Waals surface area contributed by atoms with Gasteiger partial charge in [0.25, 0.3) is 5.91 Å². The van der Waals surface area contributed by atoms with Gasteiger partial charge in [-0.1, -0.05) is 30.3 Å². The van der Waals surface area contributed by atoms with Crippen molar-refractivity contribution in [3.8, 4) is 6.07 Å². The van der Waals surface area contributed by atoms with Crippen molar-refractivity contribution in [1.82, 2.24) is 5.32 Å². The van der Waals surface area contributed by atoms with Gasteiger partial charge in [0.05, 0.1) is 18.1 Å². The molecule has 1 amide bonds. The van der Waals surface area contributed by atoms with Crippen LogP contribution in [0.1, 0.15) is 48.0 Å². The Morgan fingerprint density at radius 1 is 1.18 bits per heavy atom. The number of nitrogens with one attached hydrogen (secondary N) is 2. The predicted octanol–water partition coefficient (Wildman–Crippen LogP) is 3.02. The van der Waals surface area contributed by atoms with Gasteiger partial charge in [0.1, 0.15) is 0 Å².